The van der Waals surface area contributed by atoms with Crippen molar-refractivity contribution in [2.75, 3.05) is 9.96 Å². The number of carbonyl (C=O) groups excluding carboxylic acids is 2. The number of para-hydroxylation sites is 2. The molecule has 0 aliphatic carbocycles. The van der Waals surface area contributed by atoms with Crippen LogP contribution in [0, 0.1) is 5.92 Å². The highest BCUT2D eigenvalue weighted by atomic mass is 35.5. The first kappa shape index (κ1) is 17.9. The van der Waals surface area contributed by atoms with Crippen LogP contribution in [0.1, 0.15) is 11.6 Å². The van der Waals surface area contributed by atoms with Gasteiger partial charge in [0.15, 0.2) is 6.10 Å². The van der Waals surface area contributed by atoms with E-state index in [0.29, 0.717) is 10.7 Å². The second-order valence-electron chi connectivity index (χ2n) is 7.03. The van der Waals surface area contributed by atoms with Gasteiger partial charge < -0.3 is 0 Å². The fraction of sp³-hybridized carbons (Fsp3) is 0.130. The monoisotopic (exact) mass is 404 g/mol. The molecule has 0 aromatic heterocycles. The second-order valence-corrected chi connectivity index (χ2v) is 7.43. The molecule has 2 amide bonds. The fourth-order valence-electron chi connectivity index (χ4n) is 4.08. The van der Waals surface area contributed by atoms with Gasteiger partial charge in [0.2, 0.25) is 5.91 Å². The first-order chi connectivity index (χ1) is 14.2. The van der Waals surface area contributed by atoms with Gasteiger partial charge in [0, 0.05) is 5.02 Å². The van der Waals surface area contributed by atoms with Gasteiger partial charge >= 0.3 is 0 Å². The molecule has 2 saturated heterocycles. The minimum absolute atomic E-state index is 0.283. The number of carbonyl (C=O) groups is 2. The zero-order valence-electron chi connectivity index (χ0n) is 15.3. The van der Waals surface area contributed by atoms with Crippen LogP contribution in [0.3, 0.4) is 0 Å². The minimum atomic E-state index is -0.899. The van der Waals surface area contributed by atoms with Gasteiger partial charge in [0.1, 0.15) is 5.92 Å². The molecule has 0 radical (unpaired) electrons. The lowest BCUT2D eigenvalue weighted by atomic mass is 9.90. The first-order valence-corrected chi connectivity index (χ1v) is 9.73. The molecule has 3 atom stereocenters. The van der Waals surface area contributed by atoms with Gasteiger partial charge in [-0.15, -0.1) is 0 Å². The Morgan fingerprint density at radius 2 is 1.31 bits per heavy atom. The van der Waals surface area contributed by atoms with Crippen molar-refractivity contribution < 1.29 is 14.4 Å². The number of hydrogen-bond donors (Lipinski definition) is 0. The normalized spacial score (nSPS) is 23.6. The third-order valence-electron chi connectivity index (χ3n) is 5.36. The average Bonchev–Trinajstić information content (AvgIpc) is 3.26. The summed E-state index contributed by atoms with van der Waals surface area (Å²) in [5, 5.41) is 2.18. The van der Waals surface area contributed by atoms with Crippen LogP contribution in [0.5, 0.6) is 0 Å². The molecule has 0 N–H and O–H groups in total. The third kappa shape index (κ3) is 2.82. The van der Waals surface area contributed by atoms with Crippen molar-refractivity contribution in [2.24, 2.45) is 5.92 Å². The van der Waals surface area contributed by atoms with Gasteiger partial charge in [-0.3, -0.25) is 14.4 Å². The van der Waals surface area contributed by atoms with Crippen molar-refractivity contribution in [3.05, 3.63) is 95.5 Å². The summed E-state index contributed by atoms with van der Waals surface area (Å²) < 4.78 is 0. The Labute approximate surface area is 173 Å². The van der Waals surface area contributed by atoms with Crippen molar-refractivity contribution in [1.82, 2.24) is 0 Å². The molecule has 5 rings (SSSR count). The van der Waals surface area contributed by atoms with Crippen LogP contribution >= 0.6 is 11.6 Å². The lowest BCUT2D eigenvalue weighted by Crippen LogP contribution is -2.37. The Hall–Kier alpha value is -3.15. The van der Waals surface area contributed by atoms with E-state index in [-0.39, 0.29) is 11.8 Å². The maximum atomic E-state index is 13.4. The van der Waals surface area contributed by atoms with Gasteiger partial charge in [0.25, 0.3) is 5.91 Å². The van der Waals surface area contributed by atoms with Crippen molar-refractivity contribution in [1.29, 1.82) is 0 Å². The molecule has 144 valence electrons. The van der Waals surface area contributed by atoms with E-state index in [4.69, 9.17) is 16.4 Å². The molecular weight excluding hydrogens is 388 g/mol. The fourth-order valence-corrected chi connectivity index (χ4v) is 4.32. The van der Waals surface area contributed by atoms with E-state index in [1.165, 1.54) is 4.90 Å². The highest BCUT2D eigenvalue weighted by molar-refractivity contribution is 6.31. The Morgan fingerprint density at radius 3 is 1.97 bits per heavy atom. The highest BCUT2D eigenvalue weighted by Gasteiger charge is 2.60. The van der Waals surface area contributed by atoms with Crippen molar-refractivity contribution in [2.45, 2.75) is 12.1 Å². The molecule has 5 nitrogen and oxygen atoms in total. The van der Waals surface area contributed by atoms with E-state index in [0.717, 1.165) is 11.3 Å². The summed E-state index contributed by atoms with van der Waals surface area (Å²) in [6.07, 6.45) is -0.899. The second kappa shape index (κ2) is 7.03. The Bertz CT molecular complexity index is 1070. The van der Waals surface area contributed by atoms with Crippen molar-refractivity contribution >= 4 is 34.8 Å². The number of hydrogen-bond acceptors (Lipinski definition) is 4. The van der Waals surface area contributed by atoms with E-state index in [1.807, 2.05) is 54.6 Å². The third-order valence-corrected chi connectivity index (χ3v) is 5.71. The first-order valence-electron chi connectivity index (χ1n) is 9.35. The SMILES string of the molecule is O=C1[C@H]2[C@H](ON(c3ccccc3)[C@@H]2c2ccccc2Cl)C(=O)N1c1ccccc1. The van der Waals surface area contributed by atoms with Crippen LogP contribution in [0.15, 0.2) is 84.9 Å². The number of benzene rings is 3. The molecule has 0 bridgehead atoms. The number of rotatable bonds is 3. The summed E-state index contributed by atoms with van der Waals surface area (Å²) in [5.74, 6) is -1.33. The van der Waals surface area contributed by atoms with Crippen LogP contribution < -0.4 is 9.96 Å². The number of imide groups is 1. The quantitative estimate of drug-likeness (QED) is 0.607. The number of hydroxylamine groups is 1. The van der Waals surface area contributed by atoms with Crippen LogP contribution in [-0.2, 0) is 14.4 Å². The Kier molecular flexibility index (Phi) is 4.34. The maximum absolute atomic E-state index is 13.4. The maximum Gasteiger partial charge on any atom is 0.266 e. The van der Waals surface area contributed by atoms with Gasteiger partial charge in [0.05, 0.1) is 17.4 Å². The zero-order chi connectivity index (χ0) is 20.0. The number of amides is 2. The molecule has 0 spiro atoms. The molecule has 0 saturated carbocycles. The van der Waals surface area contributed by atoms with Gasteiger partial charge in [-0.1, -0.05) is 66.2 Å². The number of nitrogens with zero attached hydrogens (tertiary/aromatic N) is 2. The van der Waals surface area contributed by atoms with Gasteiger partial charge in [-0.05, 0) is 35.9 Å². The van der Waals surface area contributed by atoms with E-state index in [2.05, 4.69) is 0 Å². The van der Waals surface area contributed by atoms with E-state index < -0.39 is 18.1 Å². The van der Waals surface area contributed by atoms with Crippen LogP contribution in [0.4, 0.5) is 11.4 Å². The van der Waals surface area contributed by atoms with E-state index in [1.54, 1.807) is 35.4 Å². The smallest absolute Gasteiger partial charge is 0.266 e. The van der Waals surface area contributed by atoms with E-state index >= 15 is 0 Å². The van der Waals surface area contributed by atoms with Gasteiger partial charge in [-0.2, -0.15) is 0 Å². The summed E-state index contributed by atoms with van der Waals surface area (Å²) >= 11 is 6.49. The van der Waals surface area contributed by atoms with Gasteiger partial charge in [-0.25, -0.2) is 9.96 Å². The summed E-state index contributed by atoms with van der Waals surface area (Å²) in [4.78, 5) is 33.9. The molecule has 6 heteroatoms. The Balaban J connectivity index is 1.62. The lowest BCUT2D eigenvalue weighted by Gasteiger charge is -2.29. The molecule has 3 aromatic rings. The summed E-state index contributed by atoms with van der Waals surface area (Å²) in [5.41, 5.74) is 2.06. The molecule has 2 aliphatic heterocycles. The standard InChI is InChI=1S/C23H17ClN2O3/c24-18-14-8-7-13-17(18)20-19-21(29-26(20)16-11-5-2-6-12-16)23(28)25(22(19)27)15-9-3-1-4-10-15/h1-14,19-21H/t19-,20-,21+/m1/s1. The predicted molar refractivity (Wildman–Crippen MR) is 110 cm³/mol. The number of fused-ring (bicyclic) bond motifs is 1. The minimum Gasteiger partial charge on any atom is -0.273 e. The highest BCUT2D eigenvalue weighted by Crippen LogP contribution is 2.48. The van der Waals surface area contributed by atoms with Crippen LogP contribution in [-0.4, -0.2) is 17.9 Å². The molecule has 0 unspecified atom stereocenters. The predicted octanol–water partition coefficient (Wildman–Crippen LogP) is 4.39. The summed E-state index contributed by atoms with van der Waals surface area (Å²) in [6.45, 7) is 0. The number of halogens is 1. The molecule has 3 aromatic carbocycles. The van der Waals surface area contributed by atoms with Crippen molar-refractivity contribution in [3.63, 3.8) is 0 Å². The summed E-state index contributed by atoms with van der Waals surface area (Å²) in [7, 11) is 0. The van der Waals surface area contributed by atoms with E-state index in [9.17, 15) is 9.59 Å². The Morgan fingerprint density at radius 1 is 0.724 bits per heavy atom. The molecule has 2 fully saturated rings. The average molecular weight is 405 g/mol. The lowest BCUT2D eigenvalue weighted by molar-refractivity contribution is -0.126. The largest absolute Gasteiger partial charge is 0.273 e. The molecule has 29 heavy (non-hydrogen) atoms. The molecular formula is C23H17ClN2O3. The molecule has 2 heterocycles. The van der Waals surface area contributed by atoms with Crippen LogP contribution in [0.2, 0.25) is 5.02 Å². The summed E-state index contributed by atoms with van der Waals surface area (Å²) in [6, 6.07) is 25.2. The zero-order valence-corrected chi connectivity index (χ0v) is 16.1. The van der Waals surface area contributed by atoms with Crippen molar-refractivity contribution in [3.8, 4) is 0 Å². The molecule has 2 aliphatic rings. The topological polar surface area (TPSA) is 49.9 Å². The van der Waals surface area contributed by atoms with Crippen LogP contribution in [0.25, 0.3) is 0 Å². The number of anilines is 2.